The van der Waals surface area contributed by atoms with Crippen LogP contribution in [0.25, 0.3) is 11.3 Å². The van der Waals surface area contributed by atoms with E-state index < -0.39 is 0 Å². The number of carbonyl (C=O) groups is 1. The molecule has 4 rings (SSSR count). The number of rotatable bonds is 6. The summed E-state index contributed by atoms with van der Waals surface area (Å²) in [4.78, 5) is 12.4. The Balaban J connectivity index is 1.42. The average Bonchev–Trinajstić information content (AvgIpc) is 3.39. The molecule has 0 unspecified atom stereocenters. The summed E-state index contributed by atoms with van der Waals surface area (Å²) in [7, 11) is 1.63. The zero-order chi connectivity index (χ0) is 19.3. The van der Waals surface area contributed by atoms with Crippen LogP contribution in [0.15, 0.2) is 77.6 Å². The highest BCUT2D eigenvalue weighted by molar-refractivity contribution is 6.03. The molecule has 2 heterocycles. The molecule has 0 bridgehead atoms. The van der Waals surface area contributed by atoms with Gasteiger partial charge in [0.25, 0.3) is 5.91 Å². The third kappa shape index (κ3) is 3.93. The summed E-state index contributed by atoms with van der Waals surface area (Å²) in [5.41, 5.74) is 2.70. The number of nitrogens with zero attached hydrogens (tertiary/aromatic N) is 3. The van der Waals surface area contributed by atoms with Crippen LogP contribution in [0, 0.1) is 0 Å². The van der Waals surface area contributed by atoms with Gasteiger partial charge in [0.15, 0.2) is 11.5 Å². The first-order chi connectivity index (χ1) is 13.7. The zero-order valence-electron chi connectivity index (χ0n) is 15.2. The SMILES string of the molecule is COc1cccc(Cn2cc(NC(=O)c3cc(-c4ccccc4)on3)cn2)c1. The van der Waals surface area contributed by atoms with E-state index in [4.69, 9.17) is 9.26 Å². The van der Waals surface area contributed by atoms with Gasteiger partial charge in [0.05, 0.1) is 25.5 Å². The molecular weight excluding hydrogens is 356 g/mol. The molecule has 0 radical (unpaired) electrons. The predicted octanol–water partition coefficient (Wildman–Crippen LogP) is 3.85. The van der Waals surface area contributed by atoms with Crippen molar-refractivity contribution >= 4 is 11.6 Å². The number of aromatic nitrogens is 3. The minimum absolute atomic E-state index is 0.208. The largest absolute Gasteiger partial charge is 0.497 e. The summed E-state index contributed by atoms with van der Waals surface area (Å²) in [5.74, 6) is 0.977. The van der Waals surface area contributed by atoms with E-state index in [9.17, 15) is 4.79 Å². The molecule has 0 aliphatic rings. The third-order valence-corrected chi connectivity index (χ3v) is 4.17. The second-order valence-corrected chi connectivity index (χ2v) is 6.17. The van der Waals surface area contributed by atoms with Crippen LogP contribution >= 0.6 is 0 Å². The van der Waals surface area contributed by atoms with E-state index in [2.05, 4.69) is 15.6 Å². The lowest BCUT2D eigenvalue weighted by molar-refractivity contribution is 0.101. The number of nitrogens with one attached hydrogen (secondary N) is 1. The Kier molecular flexibility index (Phi) is 4.88. The van der Waals surface area contributed by atoms with Crippen molar-refractivity contribution in [2.45, 2.75) is 6.54 Å². The number of hydrogen-bond acceptors (Lipinski definition) is 5. The van der Waals surface area contributed by atoms with Crippen molar-refractivity contribution in [1.82, 2.24) is 14.9 Å². The van der Waals surface area contributed by atoms with Crippen LogP contribution in [-0.4, -0.2) is 28.0 Å². The summed E-state index contributed by atoms with van der Waals surface area (Å²) >= 11 is 0. The van der Waals surface area contributed by atoms with E-state index in [1.165, 1.54) is 0 Å². The highest BCUT2D eigenvalue weighted by Gasteiger charge is 2.14. The standard InChI is InChI=1S/C21H18N4O3/c1-27-18-9-5-6-15(10-18)13-25-14-17(12-22-25)23-21(26)19-11-20(28-24-19)16-7-3-2-4-8-16/h2-12,14H,13H2,1H3,(H,23,26). The second-order valence-electron chi connectivity index (χ2n) is 6.17. The fraction of sp³-hybridized carbons (Fsp3) is 0.0952. The minimum atomic E-state index is -0.355. The molecule has 4 aromatic rings. The molecule has 7 nitrogen and oxygen atoms in total. The summed E-state index contributed by atoms with van der Waals surface area (Å²) < 4.78 is 12.2. The molecule has 2 aromatic heterocycles. The number of methoxy groups -OCH3 is 1. The molecule has 0 atom stereocenters. The quantitative estimate of drug-likeness (QED) is 0.554. The topological polar surface area (TPSA) is 82.2 Å². The lowest BCUT2D eigenvalue weighted by Crippen LogP contribution is -2.11. The van der Waals surface area contributed by atoms with Crippen molar-refractivity contribution in [3.8, 4) is 17.1 Å². The summed E-state index contributed by atoms with van der Waals surface area (Å²) in [6.07, 6.45) is 3.35. The van der Waals surface area contributed by atoms with E-state index >= 15 is 0 Å². The molecule has 0 fully saturated rings. The molecular formula is C21H18N4O3. The van der Waals surface area contributed by atoms with Crippen LogP contribution in [0.2, 0.25) is 0 Å². The second kappa shape index (κ2) is 7.79. The lowest BCUT2D eigenvalue weighted by Gasteiger charge is -2.04. The molecule has 28 heavy (non-hydrogen) atoms. The highest BCUT2D eigenvalue weighted by atomic mass is 16.5. The molecule has 7 heteroatoms. The van der Waals surface area contributed by atoms with Gasteiger partial charge in [0, 0.05) is 17.8 Å². The first-order valence-corrected chi connectivity index (χ1v) is 8.70. The van der Waals surface area contributed by atoms with Gasteiger partial charge in [0.1, 0.15) is 5.75 Å². The number of amides is 1. The van der Waals surface area contributed by atoms with Crippen molar-refractivity contribution in [3.63, 3.8) is 0 Å². The Labute approximate surface area is 161 Å². The average molecular weight is 374 g/mol. The Morgan fingerprint density at radius 2 is 2.00 bits per heavy atom. The van der Waals surface area contributed by atoms with Gasteiger partial charge in [-0.05, 0) is 17.7 Å². The van der Waals surface area contributed by atoms with Crippen LogP contribution in [0.4, 0.5) is 5.69 Å². The number of benzene rings is 2. The molecule has 0 spiro atoms. The van der Waals surface area contributed by atoms with Crippen LogP contribution in [0.1, 0.15) is 16.1 Å². The molecule has 2 aromatic carbocycles. The summed E-state index contributed by atoms with van der Waals surface area (Å²) in [6.45, 7) is 0.565. The Bertz CT molecular complexity index is 1090. The monoisotopic (exact) mass is 374 g/mol. The van der Waals surface area contributed by atoms with Gasteiger partial charge in [-0.3, -0.25) is 9.48 Å². The minimum Gasteiger partial charge on any atom is -0.497 e. The zero-order valence-corrected chi connectivity index (χ0v) is 15.2. The molecule has 0 saturated carbocycles. The van der Waals surface area contributed by atoms with Crippen molar-refractivity contribution < 1.29 is 14.1 Å². The van der Waals surface area contributed by atoms with Gasteiger partial charge < -0.3 is 14.6 Å². The fourth-order valence-electron chi connectivity index (χ4n) is 2.79. The maximum Gasteiger partial charge on any atom is 0.277 e. The Morgan fingerprint density at radius 3 is 2.82 bits per heavy atom. The van der Waals surface area contributed by atoms with Crippen molar-refractivity contribution in [2.24, 2.45) is 0 Å². The molecule has 0 saturated heterocycles. The summed E-state index contributed by atoms with van der Waals surface area (Å²) in [5, 5.41) is 10.9. The van der Waals surface area contributed by atoms with Crippen molar-refractivity contribution in [3.05, 3.63) is 84.3 Å². The third-order valence-electron chi connectivity index (χ3n) is 4.17. The number of anilines is 1. The fourth-order valence-corrected chi connectivity index (χ4v) is 2.79. The lowest BCUT2D eigenvalue weighted by atomic mass is 10.1. The molecule has 1 amide bonds. The highest BCUT2D eigenvalue weighted by Crippen LogP contribution is 2.20. The van der Waals surface area contributed by atoms with Crippen LogP contribution in [0.5, 0.6) is 5.75 Å². The van der Waals surface area contributed by atoms with Gasteiger partial charge in [-0.2, -0.15) is 5.10 Å². The Hall–Kier alpha value is -3.87. The molecule has 1 N–H and O–H groups in total. The van der Waals surface area contributed by atoms with Gasteiger partial charge >= 0.3 is 0 Å². The van der Waals surface area contributed by atoms with Gasteiger partial charge in [-0.15, -0.1) is 0 Å². The van der Waals surface area contributed by atoms with E-state index in [0.717, 1.165) is 16.9 Å². The normalized spacial score (nSPS) is 10.6. The predicted molar refractivity (Wildman–Crippen MR) is 104 cm³/mol. The van der Waals surface area contributed by atoms with Crippen LogP contribution in [-0.2, 0) is 6.54 Å². The first kappa shape index (κ1) is 17.5. The number of carbonyl (C=O) groups excluding carboxylic acids is 1. The summed E-state index contributed by atoms with van der Waals surface area (Å²) in [6, 6.07) is 18.9. The van der Waals surface area contributed by atoms with Gasteiger partial charge in [-0.1, -0.05) is 47.6 Å². The van der Waals surface area contributed by atoms with Gasteiger partial charge in [0.2, 0.25) is 0 Å². The number of hydrogen-bond donors (Lipinski definition) is 1. The van der Waals surface area contributed by atoms with E-state index in [1.54, 1.807) is 30.3 Å². The van der Waals surface area contributed by atoms with Crippen LogP contribution < -0.4 is 10.1 Å². The maximum atomic E-state index is 12.4. The molecule has 140 valence electrons. The molecule has 0 aliphatic heterocycles. The van der Waals surface area contributed by atoms with Crippen LogP contribution in [0.3, 0.4) is 0 Å². The first-order valence-electron chi connectivity index (χ1n) is 8.70. The Morgan fingerprint density at radius 1 is 1.14 bits per heavy atom. The van der Waals surface area contributed by atoms with E-state index in [0.29, 0.717) is 18.0 Å². The van der Waals surface area contributed by atoms with Gasteiger partial charge in [-0.25, -0.2) is 0 Å². The van der Waals surface area contributed by atoms with E-state index in [-0.39, 0.29) is 11.6 Å². The van der Waals surface area contributed by atoms with Crippen molar-refractivity contribution in [1.29, 1.82) is 0 Å². The number of ether oxygens (including phenoxy) is 1. The maximum absolute atomic E-state index is 12.4. The smallest absolute Gasteiger partial charge is 0.277 e. The van der Waals surface area contributed by atoms with Crippen molar-refractivity contribution in [2.75, 3.05) is 12.4 Å². The molecule has 0 aliphatic carbocycles. The van der Waals surface area contributed by atoms with E-state index in [1.807, 2.05) is 54.6 Å².